The minimum Gasteiger partial charge on any atom is -0.504 e. The fourth-order valence-corrected chi connectivity index (χ4v) is 2.88. The van der Waals surface area contributed by atoms with Crippen molar-refractivity contribution in [1.29, 1.82) is 10.5 Å². The second-order valence-electron chi connectivity index (χ2n) is 4.72. The Balaban J connectivity index is 2.69. The van der Waals surface area contributed by atoms with E-state index in [9.17, 15) is 25.5 Å². The first-order valence-corrected chi connectivity index (χ1v) is 7.77. The fraction of sp³-hybridized carbons (Fsp3) is 0.125. The SMILES string of the molecule is COC(=O)CSc1nc(N)c(C#N)c(-c2ccc(O)c(O)c2)c1C#N. The van der Waals surface area contributed by atoms with Crippen molar-refractivity contribution in [2.75, 3.05) is 18.6 Å². The van der Waals surface area contributed by atoms with Gasteiger partial charge in [-0.3, -0.25) is 4.79 Å². The molecular weight excluding hydrogens is 344 g/mol. The Kier molecular flexibility index (Phi) is 5.32. The molecule has 0 saturated heterocycles. The predicted octanol–water partition coefficient (Wildman–Crippen LogP) is 1.75. The molecule has 0 fully saturated rings. The van der Waals surface area contributed by atoms with Crippen LogP contribution in [-0.2, 0) is 9.53 Å². The Morgan fingerprint density at radius 2 is 1.96 bits per heavy atom. The van der Waals surface area contributed by atoms with E-state index < -0.39 is 11.7 Å². The molecule has 2 rings (SSSR count). The molecule has 25 heavy (non-hydrogen) atoms. The lowest BCUT2D eigenvalue weighted by Gasteiger charge is -2.13. The lowest BCUT2D eigenvalue weighted by atomic mass is 9.96. The number of anilines is 1. The van der Waals surface area contributed by atoms with E-state index in [1.54, 1.807) is 0 Å². The number of nitrogen functional groups attached to an aromatic ring is 1. The zero-order valence-corrected chi connectivity index (χ0v) is 13.8. The zero-order chi connectivity index (χ0) is 18.6. The second-order valence-corrected chi connectivity index (χ2v) is 5.68. The smallest absolute Gasteiger partial charge is 0.316 e. The van der Waals surface area contributed by atoms with E-state index in [1.165, 1.54) is 25.3 Å². The molecule has 8 nitrogen and oxygen atoms in total. The van der Waals surface area contributed by atoms with Crippen LogP contribution < -0.4 is 5.73 Å². The Hall–Kier alpha value is -3.43. The van der Waals surface area contributed by atoms with Gasteiger partial charge in [0, 0.05) is 5.56 Å². The molecular formula is C16H12N4O4S. The highest BCUT2D eigenvalue weighted by Gasteiger charge is 2.21. The van der Waals surface area contributed by atoms with Gasteiger partial charge < -0.3 is 20.7 Å². The number of thioether (sulfide) groups is 1. The summed E-state index contributed by atoms with van der Waals surface area (Å²) in [5.74, 6) is -1.48. The normalized spacial score (nSPS) is 9.88. The number of carbonyl (C=O) groups excluding carboxylic acids is 1. The largest absolute Gasteiger partial charge is 0.504 e. The molecule has 0 aliphatic carbocycles. The van der Waals surface area contributed by atoms with Crippen LogP contribution in [0, 0.1) is 22.7 Å². The quantitative estimate of drug-likeness (QED) is 0.422. The summed E-state index contributed by atoms with van der Waals surface area (Å²) in [5, 5.41) is 38.2. The third-order valence-electron chi connectivity index (χ3n) is 3.23. The Labute approximate surface area is 147 Å². The molecule has 4 N–H and O–H groups in total. The molecule has 0 amide bonds. The molecule has 2 aromatic rings. The van der Waals surface area contributed by atoms with Crippen LogP contribution in [0.5, 0.6) is 11.5 Å². The van der Waals surface area contributed by atoms with Gasteiger partial charge in [-0.1, -0.05) is 17.8 Å². The van der Waals surface area contributed by atoms with Crippen molar-refractivity contribution >= 4 is 23.5 Å². The molecule has 0 spiro atoms. The number of benzene rings is 1. The van der Waals surface area contributed by atoms with Crippen LogP contribution in [-0.4, -0.2) is 34.0 Å². The van der Waals surface area contributed by atoms with Crippen molar-refractivity contribution in [3.8, 4) is 34.8 Å². The highest BCUT2D eigenvalue weighted by Crippen LogP contribution is 2.38. The Bertz CT molecular complexity index is 931. The van der Waals surface area contributed by atoms with Gasteiger partial charge in [0.1, 0.15) is 28.5 Å². The first kappa shape index (κ1) is 17.9. The summed E-state index contributed by atoms with van der Waals surface area (Å²) in [6, 6.07) is 7.71. The van der Waals surface area contributed by atoms with Crippen LogP contribution in [0.3, 0.4) is 0 Å². The number of nitrogens with zero attached hydrogens (tertiary/aromatic N) is 3. The molecule has 0 aliphatic rings. The summed E-state index contributed by atoms with van der Waals surface area (Å²) in [6.45, 7) is 0. The second kappa shape index (κ2) is 7.43. The summed E-state index contributed by atoms with van der Waals surface area (Å²) in [7, 11) is 1.24. The van der Waals surface area contributed by atoms with Gasteiger partial charge in [0.25, 0.3) is 0 Å². The number of aromatic nitrogens is 1. The van der Waals surface area contributed by atoms with Crippen molar-refractivity contribution in [2.24, 2.45) is 0 Å². The third kappa shape index (κ3) is 3.57. The summed E-state index contributed by atoms with van der Waals surface area (Å²) in [4.78, 5) is 15.4. The molecule has 1 aromatic heterocycles. The van der Waals surface area contributed by atoms with E-state index in [0.717, 1.165) is 11.8 Å². The number of nitriles is 2. The zero-order valence-electron chi connectivity index (χ0n) is 13.0. The molecule has 0 unspecified atom stereocenters. The van der Waals surface area contributed by atoms with E-state index in [2.05, 4.69) is 9.72 Å². The summed E-state index contributed by atoms with van der Waals surface area (Å²) in [6.07, 6.45) is 0. The number of phenols is 2. The number of hydrogen-bond acceptors (Lipinski definition) is 9. The van der Waals surface area contributed by atoms with Crippen LogP contribution in [0.2, 0.25) is 0 Å². The van der Waals surface area contributed by atoms with Gasteiger partial charge in [-0.05, 0) is 17.7 Å². The van der Waals surface area contributed by atoms with E-state index in [4.69, 9.17) is 5.73 Å². The Morgan fingerprint density at radius 1 is 1.28 bits per heavy atom. The average molecular weight is 356 g/mol. The van der Waals surface area contributed by atoms with Crippen LogP contribution in [0.25, 0.3) is 11.1 Å². The van der Waals surface area contributed by atoms with E-state index in [1.807, 2.05) is 12.1 Å². The maximum atomic E-state index is 11.3. The summed E-state index contributed by atoms with van der Waals surface area (Å²) in [5.41, 5.74) is 6.28. The van der Waals surface area contributed by atoms with Crippen LogP contribution >= 0.6 is 11.8 Å². The molecule has 0 atom stereocenters. The average Bonchev–Trinajstić information content (AvgIpc) is 2.61. The van der Waals surface area contributed by atoms with E-state index in [0.29, 0.717) is 5.56 Å². The monoisotopic (exact) mass is 356 g/mol. The minimum absolute atomic E-state index is 0.0322. The lowest BCUT2D eigenvalue weighted by molar-refractivity contribution is -0.137. The van der Waals surface area contributed by atoms with Gasteiger partial charge in [-0.15, -0.1) is 0 Å². The van der Waals surface area contributed by atoms with E-state index >= 15 is 0 Å². The number of ether oxygens (including phenoxy) is 1. The molecule has 0 radical (unpaired) electrons. The van der Waals surface area contributed by atoms with E-state index in [-0.39, 0.29) is 39.0 Å². The molecule has 0 bridgehead atoms. The van der Waals surface area contributed by atoms with Crippen LogP contribution in [0.15, 0.2) is 23.2 Å². The molecule has 1 aromatic carbocycles. The number of pyridine rings is 1. The molecule has 1 heterocycles. The number of aromatic hydroxyl groups is 2. The number of nitrogens with two attached hydrogens (primary N) is 1. The first-order chi connectivity index (χ1) is 11.9. The van der Waals surface area contributed by atoms with Gasteiger partial charge in [0.15, 0.2) is 11.5 Å². The van der Waals surface area contributed by atoms with Crippen LogP contribution in [0.1, 0.15) is 11.1 Å². The minimum atomic E-state index is -0.512. The highest BCUT2D eigenvalue weighted by atomic mass is 32.2. The van der Waals surface area contributed by atoms with Crippen LogP contribution in [0.4, 0.5) is 5.82 Å². The Morgan fingerprint density at radius 3 is 2.52 bits per heavy atom. The molecule has 9 heteroatoms. The number of methoxy groups -OCH3 is 1. The van der Waals surface area contributed by atoms with Gasteiger partial charge in [0.2, 0.25) is 0 Å². The molecule has 126 valence electrons. The molecule has 0 aliphatic heterocycles. The van der Waals surface area contributed by atoms with Gasteiger partial charge >= 0.3 is 5.97 Å². The van der Waals surface area contributed by atoms with Crippen molar-refractivity contribution in [3.05, 3.63) is 29.3 Å². The predicted molar refractivity (Wildman–Crippen MR) is 89.6 cm³/mol. The topological polar surface area (TPSA) is 153 Å². The maximum absolute atomic E-state index is 11.3. The number of carbonyl (C=O) groups is 1. The standard InChI is InChI=1S/C16H12N4O4S/c1-24-13(23)7-25-16-10(6-18)14(9(5-17)15(19)20-16)8-2-3-11(21)12(22)4-8/h2-4,21-22H,7H2,1H3,(H2,19,20). The highest BCUT2D eigenvalue weighted by molar-refractivity contribution is 7.99. The molecule has 0 saturated carbocycles. The number of hydrogen-bond donors (Lipinski definition) is 3. The van der Waals surface area contributed by atoms with Crippen molar-refractivity contribution in [1.82, 2.24) is 4.98 Å². The van der Waals surface area contributed by atoms with Crippen molar-refractivity contribution in [3.63, 3.8) is 0 Å². The van der Waals surface area contributed by atoms with Gasteiger partial charge in [-0.25, -0.2) is 4.98 Å². The lowest BCUT2D eigenvalue weighted by Crippen LogP contribution is -2.07. The van der Waals surface area contributed by atoms with Crippen molar-refractivity contribution < 1.29 is 19.7 Å². The van der Waals surface area contributed by atoms with Crippen molar-refractivity contribution in [2.45, 2.75) is 5.03 Å². The van der Waals surface area contributed by atoms with Gasteiger partial charge in [0.05, 0.1) is 18.4 Å². The van der Waals surface area contributed by atoms with Gasteiger partial charge in [-0.2, -0.15) is 10.5 Å². The fourth-order valence-electron chi connectivity index (χ4n) is 2.06. The maximum Gasteiger partial charge on any atom is 0.316 e. The number of esters is 1. The third-order valence-corrected chi connectivity index (χ3v) is 4.18. The first-order valence-electron chi connectivity index (χ1n) is 6.78. The summed E-state index contributed by atoms with van der Waals surface area (Å²) < 4.78 is 4.55. The number of phenolic OH excluding ortho intramolecular Hbond substituents is 2. The summed E-state index contributed by atoms with van der Waals surface area (Å²) >= 11 is 0.944. The number of rotatable bonds is 4.